The van der Waals surface area contributed by atoms with E-state index in [1.807, 2.05) is 0 Å². The van der Waals surface area contributed by atoms with Gasteiger partial charge in [-0.05, 0) is 32.9 Å². The van der Waals surface area contributed by atoms with Gasteiger partial charge in [0.25, 0.3) is 0 Å². The molecule has 0 radical (unpaired) electrons. The molecule has 80 valence electrons. The monoisotopic (exact) mass is 196 g/mol. The number of likely N-dealkylation sites (tertiary alicyclic amines) is 1. The number of hydrogen-bond acceptors (Lipinski definition) is 4. The number of aliphatic imine (C=N–C) groups is 1. The van der Waals surface area contributed by atoms with Gasteiger partial charge in [-0.15, -0.1) is 0 Å². The molecule has 1 saturated heterocycles. The van der Waals surface area contributed by atoms with Crippen LogP contribution in [-0.2, 0) is 0 Å². The Hall–Kier alpha value is -0.450. The summed E-state index contributed by atoms with van der Waals surface area (Å²) in [5.41, 5.74) is 4.72. The fourth-order valence-electron chi connectivity index (χ4n) is 2.23. The van der Waals surface area contributed by atoms with Gasteiger partial charge < -0.3 is 0 Å². The first-order chi connectivity index (χ1) is 6.75. The molecular weight excluding hydrogens is 176 g/mol. The van der Waals surface area contributed by atoms with E-state index in [0.29, 0.717) is 6.17 Å². The molecule has 2 aliphatic rings. The Bertz CT molecular complexity index is 220. The number of nitrogens with one attached hydrogen (secondary N) is 1. The number of hydrazine groups is 1. The second-order valence-electron chi connectivity index (χ2n) is 4.32. The Morgan fingerprint density at radius 3 is 2.79 bits per heavy atom. The molecule has 0 spiro atoms. The zero-order valence-electron chi connectivity index (χ0n) is 9.16. The van der Waals surface area contributed by atoms with Crippen molar-refractivity contribution in [3.05, 3.63) is 0 Å². The smallest absolute Gasteiger partial charge is 0.0929 e. The molecule has 2 aliphatic heterocycles. The first-order valence-corrected chi connectivity index (χ1v) is 5.47. The lowest BCUT2D eigenvalue weighted by molar-refractivity contribution is 0.120. The molecule has 2 rings (SSSR count). The van der Waals surface area contributed by atoms with E-state index in [0.717, 1.165) is 13.1 Å². The van der Waals surface area contributed by atoms with Crippen molar-refractivity contribution < 1.29 is 0 Å². The quantitative estimate of drug-likeness (QED) is 0.655. The van der Waals surface area contributed by atoms with Crippen molar-refractivity contribution in [3.8, 4) is 0 Å². The summed E-state index contributed by atoms with van der Waals surface area (Å²) in [6, 6.07) is 0. The van der Waals surface area contributed by atoms with Crippen molar-refractivity contribution in [1.29, 1.82) is 0 Å². The molecule has 1 atom stereocenters. The van der Waals surface area contributed by atoms with E-state index in [1.165, 1.54) is 31.6 Å². The summed E-state index contributed by atoms with van der Waals surface area (Å²) in [6.45, 7) is 6.38. The molecule has 0 amide bonds. The van der Waals surface area contributed by atoms with Crippen LogP contribution in [0.5, 0.6) is 0 Å². The zero-order chi connectivity index (χ0) is 9.97. The number of rotatable bonds is 1. The summed E-state index contributed by atoms with van der Waals surface area (Å²) in [6.07, 6.45) is 3.09. The molecule has 0 aliphatic carbocycles. The fourth-order valence-corrected chi connectivity index (χ4v) is 2.23. The number of hydrogen-bond donors (Lipinski definition) is 1. The second kappa shape index (κ2) is 4.38. The van der Waals surface area contributed by atoms with Gasteiger partial charge in [-0.25, -0.2) is 10.4 Å². The van der Waals surface area contributed by atoms with Gasteiger partial charge in [0.05, 0.1) is 19.3 Å². The van der Waals surface area contributed by atoms with Crippen molar-refractivity contribution in [2.45, 2.75) is 25.9 Å². The van der Waals surface area contributed by atoms with E-state index in [2.05, 4.69) is 34.3 Å². The first-order valence-electron chi connectivity index (χ1n) is 5.47. The highest BCUT2D eigenvalue weighted by Gasteiger charge is 2.23. The molecule has 0 aromatic carbocycles. The van der Waals surface area contributed by atoms with E-state index in [4.69, 9.17) is 0 Å². The lowest BCUT2D eigenvalue weighted by Crippen LogP contribution is -2.52. The minimum absolute atomic E-state index is 0.417. The van der Waals surface area contributed by atoms with Gasteiger partial charge >= 0.3 is 0 Å². The van der Waals surface area contributed by atoms with Crippen LogP contribution in [0.4, 0.5) is 0 Å². The molecule has 0 aromatic heterocycles. The maximum Gasteiger partial charge on any atom is 0.0929 e. The Kier molecular flexibility index (Phi) is 3.15. The van der Waals surface area contributed by atoms with Crippen LogP contribution in [-0.4, -0.2) is 55.0 Å². The molecule has 1 fully saturated rings. The van der Waals surface area contributed by atoms with E-state index < -0.39 is 0 Å². The SMILES string of the molecule is CC1=NCC(N2CCCC2)NN(C)C1. The molecule has 2 heterocycles. The summed E-state index contributed by atoms with van der Waals surface area (Å²) in [7, 11) is 2.09. The molecule has 0 saturated carbocycles. The average molecular weight is 196 g/mol. The van der Waals surface area contributed by atoms with Gasteiger partial charge in [0.15, 0.2) is 0 Å². The minimum atomic E-state index is 0.417. The molecule has 0 aromatic rings. The summed E-state index contributed by atoms with van der Waals surface area (Å²) in [4.78, 5) is 7.07. The lowest BCUT2D eigenvalue weighted by Gasteiger charge is -2.29. The molecule has 4 heteroatoms. The van der Waals surface area contributed by atoms with Gasteiger partial charge in [-0.1, -0.05) is 0 Å². The molecular formula is C10H20N4. The van der Waals surface area contributed by atoms with Gasteiger partial charge in [0, 0.05) is 12.8 Å². The largest absolute Gasteiger partial charge is 0.290 e. The fraction of sp³-hybridized carbons (Fsp3) is 0.900. The molecule has 0 bridgehead atoms. The summed E-state index contributed by atoms with van der Waals surface area (Å²) >= 11 is 0. The highest BCUT2D eigenvalue weighted by Crippen LogP contribution is 2.11. The highest BCUT2D eigenvalue weighted by molar-refractivity contribution is 5.83. The van der Waals surface area contributed by atoms with E-state index in [-0.39, 0.29) is 0 Å². The van der Waals surface area contributed by atoms with Gasteiger partial charge in [0.1, 0.15) is 0 Å². The third-order valence-electron chi connectivity index (χ3n) is 2.95. The normalized spacial score (nSPS) is 31.6. The Balaban J connectivity index is 1.97. The van der Waals surface area contributed by atoms with Crippen LogP contribution in [0.3, 0.4) is 0 Å². The van der Waals surface area contributed by atoms with Crippen molar-refractivity contribution in [3.63, 3.8) is 0 Å². The van der Waals surface area contributed by atoms with Crippen LogP contribution in [0.25, 0.3) is 0 Å². The third-order valence-corrected chi connectivity index (χ3v) is 2.95. The molecule has 1 N–H and O–H groups in total. The van der Waals surface area contributed by atoms with E-state index in [1.54, 1.807) is 0 Å². The van der Waals surface area contributed by atoms with Gasteiger partial charge in [0.2, 0.25) is 0 Å². The molecule has 14 heavy (non-hydrogen) atoms. The Morgan fingerprint density at radius 2 is 2.07 bits per heavy atom. The third kappa shape index (κ3) is 2.32. The predicted molar refractivity (Wildman–Crippen MR) is 58.3 cm³/mol. The van der Waals surface area contributed by atoms with Crippen LogP contribution in [0, 0.1) is 0 Å². The predicted octanol–water partition coefficient (Wildman–Crippen LogP) is 0.319. The maximum absolute atomic E-state index is 4.57. The maximum atomic E-state index is 4.57. The van der Waals surface area contributed by atoms with E-state index in [9.17, 15) is 0 Å². The van der Waals surface area contributed by atoms with E-state index >= 15 is 0 Å². The first kappa shape index (κ1) is 10.1. The molecule has 4 nitrogen and oxygen atoms in total. The van der Waals surface area contributed by atoms with Crippen LogP contribution in [0.1, 0.15) is 19.8 Å². The summed E-state index contributed by atoms with van der Waals surface area (Å²) in [5, 5.41) is 2.15. The summed E-state index contributed by atoms with van der Waals surface area (Å²) in [5.74, 6) is 0. The second-order valence-corrected chi connectivity index (χ2v) is 4.32. The van der Waals surface area contributed by atoms with Crippen molar-refractivity contribution in [2.24, 2.45) is 4.99 Å². The van der Waals surface area contributed by atoms with Crippen molar-refractivity contribution >= 4 is 5.71 Å². The molecule has 1 unspecified atom stereocenters. The number of nitrogens with zero attached hydrogens (tertiary/aromatic N) is 3. The van der Waals surface area contributed by atoms with Gasteiger partial charge in [-0.3, -0.25) is 9.89 Å². The Morgan fingerprint density at radius 1 is 1.36 bits per heavy atom. The van der Waals surface area contributed by atoms with Crippen LogP contribution < -0.4 is 5.43 Å². The zero-order valence-corrected chi connectivity index (χ0v) is 9.16. The summed E-state index contributed by atoms with van der Waals surface area (Å²) < 4.78 is 0. The van der Waals surface area contributed by atoms with Crippen molar-refractivity contribution in [2.75, 3.05) is 33.2 Å². The topological polar surface area (TPSA) is 30.9 Å². The Labute approximate surface area is 85.9 Å². The van der Waals surface area contributed by atoms with Gasteiger partial charge in [-0.2, -0.15) is 0 Å². The van der Waals surface area contributed by atoms with Crippen LogP contribution >= 0.6 is 0 Å². The minimum Gasteiger partial charge on any atom is -0.290 e. The standard InChI is InChI=1S/C10H20N4/c1-9-8-13(2)12-10(7-11-9)14-5-3-4-6-14/h10,12H,3-8H2,1-2H3. The van der Waals surface area contributed by atoms with Crippen LogP contribution in [0.15, 0.2) is 4.99 Å². The van der Waals surface area contributed by atoms with Crippen LogP contribution in [0.2, 0.25) is 0 Å². The average Bonchev–Trinajstić information content (AvgIpc) is 2.59. The lowest BCUT2D eigenvalue weighted by atomic mass is 10.4. The highest BCUT2D eigenvalue weighted by atomic mass is 15.6. The van der Waals surface area contributed by atoms with Crippen molar-refractivity contribution in [1.82, 2.24) is 15.3 Å².